The van der Waals surface area contributed by atoms with E-state index in [-0.39, 0.29) is 18.9 Å². The topological polar surface area (TPSA) is 29.5 Å². The molecule has 102 valence electrons. The average molecular weight is 276 g/mol. The first-order valence-electron chi connectivity index (χ1n) is 5.39. The number of rotatable bonds is 8. The van der Waals surface area contributed by atoms with E-state index in [1.165, 1.54) is 4.90 Å². The van der Waals surface area contributed by atoms with Crippen molar-refractivity contribution in [2.45, 2.75) is 25.9 Å². The molecule has 0 aromatic carbocycles. The van der Waals surface area contributed by atoms with Crippen molar-refractivity contribution in [3.05, 3.63) is 0 Å². The van der Waals surface area contributed by atoms with E-state index in [9.17, 15) is 18.0 Å². The molecule has 0 aromatic heterocycles. The zero-order valence-corrected chi connectivity index (χ0v) is 10.5. The molecule has 0 aliphatic rings. The van der Waals surface area contributed by atoms with Crippen LogP contribution in [0.3, 0.4) is 0 Å². The Morgan fingerprint density at radius 1 is 1.35 bits per heavy atom. The number of alkyl halides is 4. The minimum atomic E-state index is -4.34. The molecule has 0 fully saturated rings. The highest BCUT2D eigenvalue weighted by Gasteiger charge is 2.27. The molecule has 0 bridgehead atoms. The average Bonchev–Trinajstić information content (AvgIpc) is 2.22. The summed E-state index contributed by atoms with van der Waals surface area (Å²) >= 11 is 5.52. The summed E-state index contributed by atoms with van der Waals surface area (Å²) < 4.78 is 39.6. The van der Waals surface area contributed by atoms with Crippen LogP contribution < -0.4 is 0 Å². The normalized spacial score (nSPS) is 11.6. The Morgan fingerprint density at radius 2 is 2.00 bits per heavy atom. The largest absolute Gasteiger partial charge is 0.411 e. The third-order valence-corrected chi connectivity index (χ3v) is 2.10. The molecule has 0 aliphatic carbocycles. The highest BCUT2D eigenvalue weighted by molar-refractivity contribution is 6.18. The third-order valence-electron chi connectivity index (χ3n) is 1.93. The Kier molecular flexibility index (Phi) is 8.33. The van der Waals surface area contributed by atoms with Crippen molar-refractivity contribution in [3.8, 4) is 0 Å². The van der Waals surface area contributed by atoms with Crippen LogP contribution in [0.15, 0.2) is 0 Å². The van der Waals surface area contributed by atoms with Gasteiger partial charge in [0.1, 0.15) is 6.61 Å². The summed E-state index contributed by atoms with van der Waals surface area (Å²) in [6.45, 7) is 1.34. The van der Waals surface area contributed by atoms with E-state index in [0.29, 0.717) is 19.0 Å². The van der Waals surface area contributed by atoms with E-state index in [1.807, 2.05) is 6.92 Å². The van der Waals surface area contributed by atoms with E-state index in [4.69, 9.17) is 11.6 Å². The standard InChI is InChI=1S/C10H17ClF3NO2/c1-2-5-15(6-4-11)9(16)3-7-17-8-10(12,13)14/h2-8H2,1H3. The van der Waals surface area contributed by atoms with Crippen LogP contribution in [0.5, 0.6) is 0 Å². The molecule has 0 unspecified atom stereocenters. The Morgan fingerprint density at radius 3 is 2.47 bits per heavy atom. The lowest BCUT2D eigenvalue weighted by molar-refractivity contribution is -0.175. The van der Waals surface area contributed by atoms with Crippen molar-refractivity contribution in [1.82, 2.24) is 4.90 Å². The van der Waals surface area contributed by atoms with Gasteiger partial charge in [-0.2, -0.15) is 13.2 Å². The summed E-state index contributed by atoms with van der Waals surface area (Å²) in [6.07, 6.45) is -3.61. The van der Waals surface area contributed by atoms with Crippen LogP contribution in [0, 0.1) is 0 Å². The molecule has 0 aliphatic heterocycles. The molecule has 3 nitrogen and oxygen atoms in total. The van der Waals surface area contributed by atoms with Crippen molar-refractivity contribution in [3.63, 3.8) is 0 Å². The molecule has 0 rings (SSSR count). The van der Waals surface area contributed by atoms with Crippen LogP contribution in [0.4, 0.5) is 13.2 Å². The van der Waals surface area contributed by atoms with E-state index in [2.05, 4.69) is 4.74 Å². The van der Waals surface area contributed by atoms with Gasteiger partial charge in [0.15, 0.2) is 0 Å². The molecule has 7 heteroatoms. The molecule has 0 saturated heterocycles. The van der Waals surface area contributed by atoms with E-state index < -0.39 is 12.8 Å². The first-order valence-corrected chi connectivity index (χ1v) is 5.92. The van der Waals surface area contributed by atoms with E-state index in [0.717, 1.165) is 6.42 Å². The van der Waals surface area contributed by atoms with Crippen LogP contribution in [0.25, 0.3) is 0 Å². The smallest absolute Gasteiger partial charge is 0.372 e. The first kappa shape index (κ1) is 16.5. The maximum atomic E-state index is 11.7. The fourth-order valence-electron chi connectivity index (χ4n) is 1.24. The molecule has 0 atom stereocenters. The van der Waals surface area contributed by atoms with Crippen LogP contribution in [0.1, 0.15) is 19.8 Å². The predicted octanol–water partition coefficient (Wildman–Crippen LogP) is 2.43. The fraction of sp³-hybridized carbons (Fsp3) is 0.900. The Balaban J connectivity index is 3.81. The zero-order valence-electron chi connectivity index (χ0n) is 9.73. The summed E-state index contributed by atoms with van der Waals surface area (Å²) in [5, 5.41) is 0. The lowest BCUT2D eigenvalue weighted by Crippen LogP contribution is -2.34. The highest BCUT2D eigenvalue weighted by atomic mass is 35.5. The molecule has 0 spiro atoms. The van der Waals surface area contributed by atoms with Gasteiger partial charge in [-0.25, -0.2) is 0 Å². The molecular weight excluding hydrogens is 259 g/mol. The van der Waals surface area contributed by atoms with Gasteiger partial charge in [-0.1, -0.05) is 6.92 Å². The fourth-order valence-corrected chi connectivity index (χ4v) is 1.44. The van der Waals surface area contributed by atoms with Gasteiger partial charge in [0, 0.05) is 19.0 Å². The monoisotopic (exact) mass is 275 g/mol. The number of nitrogens with zero attached hydrogens (tertiary/aromatic N) is 1. The quantitative estimate of drug-likeness (QED) is 0.503. The molecule has 0 heterocycles. The Hall–Kier alpha value is -0.490. The second-order valence-corrected chi connectivity index (χ2v) is 3.87. The zero-order chi connectivity index (χ0) is 13.3. The number of carbonyl (C=O) groups is 1. The number of hydrogen-bond acceptors (Lipinski definition) is 2. The van der Waals surface area contributed by atoms with Crippen LogP contribution in [-0.4, -0.2) is 49.2 Å². The van der Waals surface area contributed by atoms with Gasteiger partial charge >= 0.3 is 6.18 Å². The lowest BCUT2D eigenvalue weighted by atomic mass is 10.3. The molecule has 0 saturated carbocycles. The number of hydrogen-bond donors (Lipinski definition) is 0. The van der Waals surface area contributed by atoms with Gasteiger partial charge in [-0.05, 0) is 6.42 Å². The summed E-state index contributed by atoms with van der Waals surface area (Å²) in [6, 6.07) is 0. The van der Waals surface area contributed by atoms with Gasteiger partial charge < -0.3 is 9.64 Å². The van der Waals surface area contributed by atoms with Crippen molar-refractivity contribution in [2.75, 3.05) is 32.2 Å². The van der Waals surface area contributed by atoms with Crippen LogP contribution in [0.2, 0.25) is 0 Å². The maximum Gasteiger partial charge on any atom is 0.411 e. The lowest BCUT2D eigenvalue weighted by Gasteiger charge is -2.20. The van der Waals surface area contributed by atoms with Crippen LogP contribution in [-0.2, 0) is 9.53 Å². The Bertz CT molecular complexity index is 218. The molecular formula is C10H17ClF3NO2. The first-order chi connectivity index (χ1) is 7.90. The van der Waals surface area contributed by atoms with Crippen molar-refractivity contribution in [2.24, 2.45) is 0 Å². The second-order valence-electron chi connectivity index (χ2n) is 3.49. The van der Waals surface area contributed by atoms with Crippen molar-refractivity contribution in [1.29, 1.82) is 0 Å². The van der Waals surface area contributed by atoms with Gasteiger partial charge in [-0.15, -0.1) is 11.6 Å². The molecule has 0 N–H and O–H groups in total. The number of amides is 1. The predicted molar refractivity (Wildman–Crippen MR) is 59.1 cm³/mol. The molecule has 0 radical (unpaired) electrons. The summed E-state index contributed by atoms with van der Waals surface area (Å²) in [7, 11) is 0. The SMILES string of the molecule is CCCN(CCCl)C(=O)CCOCC(F)(F)F. The molecule has 0 aromatic rings. The van der Waals surface area contributed by atoms with Gasteiger partial charge in [0.05, 0.1) is 13.0 Å². The van der Waals surface area contributed by atoms with E-state index >= 15 is 0 Å². The number of carbonyl (C=O) groups excluding carboxylic acids is 1. The molecule has 17 heavy (non-hydrogen) atoms. The maximum absolute atomic E-state index is 11.7. The summed E-state index contributed by atoms with van der Waals surface area (Å²) in [5.74, 6) is 0.0875. The van der Waals surface area contributed by atoms with Gasteiger partial charge in [-0.3, -0.25) is 4.79 Å². The van der Waals surface area contributed by atoms with Crippen molar-refractivity contribution >= 4 is 17.5 Å². The van der Waals surface area contributed by atoms with E-state index in [1.54, 1.807) is 0 Å². The van der Waals surface area contributed by atoms with Gasteiger partial charge in [0.2, 0.25) is 5.91 Å². The highest BCUT2D eigenvalue weighted by Crippen LogP contribution is 2.14. The minimum absolute atomic E-state index is 0.0486. The second kappa shape index (κ2) is 8.58. The number of halogens is 4. The third kappa shape index (κ3) is 9.23. The molecule has 1 amide bonds. The minimum Gasteiger partial charge on any atom is -0.372 e. The summed E-state index contributed by atoms with van der Waals surface area (Å²) in [4.78, 5) is 13.1. The summed E-state index contributed by atoms with van der Waals surface area (Å²) in [5.41, 5.74) is 0. The Labute approximate surface area is 104 Å². The van der Waals surface area contributed by atoms with Crippen LogP contribution >= 0.6 is 11.6 Å². The van der Waals surface area contributed by atoms with Crippen molar-refractivity contribution < 1.29 is 22.7 Å². The number of ether oxygens (including phenoxy) is 1. The van der Waals surface area contributed by atoms with Gasteiger partial charge in [0.25, 0.3) is 0 Å².